The van der Waals surface area contributed by atoms with Crippen molar-refractivity contribution in [2.45, 2.75) is 18.9 Å². The number of nitrogens with one attached hydrogen (secondary N) is 1. The largest absolute Gasteiger partial charge is 0.349 e. The molecule has 1 N–H and O–H groups in total. The number of likely N-dealkylation sites (tertiary alicyclic amines) is 1. The zero-order valence-corrected chi connectivity index (χ0v) is 14.9. The van der Waals surface area contributed by atoms with Crippen LogP contribution in [-0.2, 0) is 0 Å². The molecular weight excluding hydrogens is 361 g/mol. The van der Waals surface area contributed by atoms with Gasteiger partial charge in [0, 0.05) is 37.1 Å². The highest BCUT2D eigenvalue weighted by Crippen LogP contribution is 2.23. The molecule has 2 aromatic rings. The number of pyridine rings is 1. The first kappa shape index (κ1) is 17.7. The Morgan fingerprint density at radius 2 is 1.84 bits per heavy atom. The molecule has 0 spiro atoms. The maximum atomic E-state index is 12.4. The van der Waals surface area contributed by atoms with Crippen LogP contribution in [0, 0.1) is 0 Å². The first-order chi connectivity index (χ1) is 12.0. The van der Waals surface area contributed by atoms with E-state index >= 15 is 0 Å². The van der Waals surface area contributed by atoms with Gasteiger partial charge in [0.25, 0.3) is 11.8 Å². The molecule has 25 heavy (non-hydrogen) atoms. The molecule has 3 rings (SSSR count). The van der Waals surface area contributed by atoms with E-state index in [-0.39, 0.29) is 17.9 Å². The van der Waals surface area contributed by atoms with Crippen LogP contribution in [0.4, 0.5) is 0 Å². The molecule has 1 saturated heterocycles. The third-order valence-corrected chi connectivity index (χ3v) is 4.95. The van der Waals surface area contributed by atoms with Crippen molar-refractivity contribution in [2.75, 3.05) is 13.1 Å². The number of hydrogen-bond donors (Lipinski definition) is 1. The molecule has 5 nitrogen and oxygen atoms in total. The summed E-state index contributed by atoms with van der Waals surface area (Å²) in [5, 5.41) is 3.76. The van der Waals surface area contributed by atoms with Gasteiger partial charge in [0.1, 0.15) is 0 Å². The lowest BCUT2D eigenvalue weighted by Crippen LogP contribution is -2.46. The summed E-state index contributed by atoms with van der Waals surface area (Å²) in [6, 6.07) is 8.34. The van der Waals surface area contributed by atoms with Crippen LogP contribution in [0.15, 0.2) is 42.7 Å². The van der Waals surface area contributed by atoms with Gasteiger partial charge in [0.05, 0.1) is 15.6 Å². The van der Waals surface area contributed by atoms with Gasteiger partial charge in [-0.1, -0.05) is 23.2 Å². The molecule has 1 fully saturated rings. The van der Waals surface area contributed by atoms with E-state index in [1.165, 1.54) is 0 Å². The number of benzene rings is 1. The number of aromatic nitrogens is 1. The first-order valence-electron chi connectivity index (χ1n) is 8.00. The SMILES string of the molecule is O=C(NC1CCN(C(=O)c2cccnc2)CC1)c1ccc(Cl)c(Cl)c1. The second kappa shape index (κ2) is 7.85. The molecule has 0 saturated carbocycles. The van der Waals surface area contributed by atoms with Gasteiger partial charge in [-0.15, -0.1) is 0 Å². The van der Waals surface area contributed by atoms with E-state index in [1.54, 1.807) is 47.6 Å². The molecule has 0 radical (unpaired) electrons. The van der Waals surface area contributed by atoms with Crippen molar-refractivity contribution < 1.29 is 9.59 Å². The summed E-state index contributed by atoms with van der Waals surface area (Å²) in [7, 11) is 0. The summed E-state index contributed by atoms with van der Waals surface area (Å²) in [5.41, 5.74) is 1.06. The van der Waals surface area contributed by atoms with Crippen molar-refractivity contribution in [3.63, 3.8) is 0 Å². The topological polar surface area (TPSA) is 62.3 Å². The molecule has 1 aromatic carbocycles. The summed E-state index contributed by atoms with van der Waals surface area (Å²) in [6.45, 7) is 1.19. The summed E-state index contributed by atoms with van der Waals surface area (Å²) in [4.78, 5) is 30.5. The lowest BCUT2D eigenvalue weighted by molar-refractivity contribution is 0.0697. The third kappa shape index (κ3) is 4.30. The van der Waals surface area contributed by atoms with Crippen LogP contribution < -0.4 is 5.32 Å². The minimum atomic E-state index is -0.185. The average Bonchev–Trinajstić information content (AvgIpc) is 2.64. The second-order valence-electron chi connectivity index (χ2n) is 5.91. The predicted molar refractivity (Wildman–Crippen MR) is 97.1 cm³/mol. The molecule has 0 bridgehead atoms. The minimum Gasteiger partial charge on any atom is -0.349 e. The highest BCUT2D eigenvalue weighted by atomic mass is 35.5. The maximum Gasteiger partial charge on any atom is 0.255 e. The number of nitrogens with zero attached hydrogens (tertiary/aromatic N) is 2. The monoisotopic (exact) mass is 377 g/mol. The molecule has 1 aliphatic heterocycles. The van der Waals surface area contributed by atoms with Crippen molar-refractivity contribution in [1.82, 2.24) is 15.2 Å². The summed E-state index contributed by atoms with van der Waals surface area (Å²) >= 11 is 11.8. The van der Waals surface area contributed by atoms with E-state index < -0.39 is 0 Å². The minimum absolute atomic E-state index is 0.0256. The van der Waals surface area contributed by atoms with Crippen LogP contribution in [0.2, 0.25) is 10.0 Å². The summed E-state index contributed by atoms with van der Waals surface area (Å²) < 4.78 is 0. The number of piperidine rings is 1. The van der Waals surface area contributed by atoms with Crippen molar-refractivity contribution in [3.8, 4) is 0 Å². The Hall–Kier alpha value is -2.11. The van der Waals surface area contributed by atoms with Gasteiger partial charge in [-0.25, -0.2) is 0 Å². The van der Waals surface area contributed by atoms with Gasteiger partial charge in [-0.3, -0.25) is 14.6 Å². The molecule has 1 aromatic heterocycles. The van der Waals surface area contributed by atoms with Gasteiger partial charge >= 0.3 is 0 Å². The van der Waals surface area contributed by atoms with E-state index in [0.29, 0.717) is 47.1 Å². The number of hydrogen-bond acceptors (Lipinski definition) is 3. The standard InChI is InChI=1S/C18H17Cl2N3O2/c19-15-4-3-12(10-16(15)20)17(24)22-14-5-8-23(9-6-14)18(25)13-2-1-7-21-11-13/h1-4,7,10-11,14H,5-6,8-9H2,(H,22,24). The van der Waals surface area contributed by atoms with Crippen molar-refractivity contribution in [2.24, 2.45) is 0 Å². The van der Waals surface area contributed by atoms with Crippen LogP contribution in [0.5, 0.6) is 0 Å². The number of amides is 2. The van der Waals surface area contributed by atoms with Crippen LogP contribution in [-0.4, -0.2) is 40.8 Å². The van der Waals surface area contributed by atoms with Gasteiger partial charge in [0.2, 0.25) is 0 Å². The Morgan fingerprint density at radius 3 is 2.48 bits per heavy atom. The number of carbonyl (C=O) groups is 2. The molecule has 1 aliphatic rings. The Morgan fingerprint density at radius 1 is 1.08 bits per heavy atom. The van der Waals surface area contributed by atoms with Crippen LogP contribution >= 0.6 is 23.2 Å². The fraction of sp³-hybridized carbons (Fsp3) is 0.278. The zero-order valence-electron chi connectivity index (χ0n) is 13.4. The quantitative estimate of drug-likeness (QED) is 0.890. The molecule has 0 aliphatic carbocycles. The van der Waals surface area contributed by atoms with Crippen molar-refractivity contribution >= 4 is 35.0 Å². The molecule has 2 heterocycles. The summed E-state index contributed by atoms with van der Waals surface area (Å²) in [5.74, 6) is -0.210. The number of rotatable bonds is 3. The lowest BCUT2D eigenvalue weighted by Gasteiger charge is -2.32. The van der Waals surface area contributed by atoms with E-state index in [1.807, 2.05) is 0 Å². The van der Waals surface area contributed by atoms with Crippen LogP contribution in [0.25, 0.3) is 0 Å². The Bertz CT molecular complexity index is 775. The smallest absolute Gasteiger partial charge is 0.255 e. The third-order valence-electron chi connectivity index (χ3n) is 4.21. The van der Waals surface area contributed by atoms with Crippen molar-refractivity contribution in [3.05, 3.63) is 63.9 Å². The lowest BCUT2D eigenvalue weighted by atomic mass is 10.0. The Kier molecular flexibility index (Phi) is 5.56. The summed E-state index contributed by atoms with van der Waals surface area (Å²) in [6.07, 6.45) is 4.63. The molecule has 0 atom stereocenters. The van der Waals surface area contributed by atoms with Gasteiger partial charge < -0.3 is 10.2 Å². The van der Waals surface area contributed by atoms with Gasteiger partial charge in [0.15, 0.2) is 0 Å². The molecular formula is C18H17Cl2N3O2. The molecule has 130 valence electrons. The Labute approximate surface area is 155 Å². The second-order valence-corrected chi connectivity index (χ2v) is 6.72. The molecule has 0 unspecified atom stereocenters. The van der Waals surface area contributed by atoms with E-state index in [0.717, 1.165) is 0 Å². The van der Waals surface area contributed by atoms with Gasteiger partial charge in [-0.2, -0.15) is 0 Å². The highest BCUT2D eigenvalue weighted by molar-refractivity contribution is 6.42. The zero-order chi connectivity index (χ0) is 17.8. The number of carbonyl (C=O) groups excluding carboxylic acids is 2. The normalized spacial score (nSPS) is 15.0. The predicted octanol–water partition coefficient (Wildman–Crippen LogP) is 3.42. The number of halogens is 2. The van der Waals surface area contributed by atoms with Crippen molar-refractivity contribution in [1.29, 1.82) is 0 Å². The van der Waals surface area contributed by atoms with Crippen LogP contribution in [0.1, 0.15) is 33.6 Å². The molecule has 7 heteroatoms. The first-order valence-corrected chi connectivity index (χ1v) is 8.75. The fourth-order valence-corrected chi connectivity index (χ4v) is 3.10. The average molecular weight is 378 g/mol. The maximum absolute atomic E-state index is 12.4. The van der Waals surface area contributed by atoms with Gasteiger partial charge in [-0.05, 0) is 43.2 Å². The molecule has 2 amide bonds. The van der Waals surface area contributed by atoms with E-state index in [2.05, 4.69) is 10.3 Å². The highest BCUT2D eigenvalue weighted by Gasteiger charge is 2.25. The fourth-order valence-electron chi connectivity index (χ4n) is 2.80. The Balaban J connectivity index is 1.54. The van der Waals surface area contributed by atoms with E-state index in [9.17, 15) is 9.59 Å². The van der Waals surface area contributed by atoms with E-state index in [4.69, 9.17) is 23.2 Å². The van der Waals surface area contributed by atoms with Crippen LogP contribution in [0.3, 0.4) is 0 Å².